The van der Waals surface area contributed by atoms with Gasteiger partial charge in [0.25, 0.3) is 0 Å². The fraction of sp³-hybridized carbons (Fsp3) is 0.333. The van der Waals surface area contributed by atoms with E-state index in [0.29, 0.717) is 16.5 Å². The minimum Gasteiger partial charge on any atom is -0.495 e. The number of nitrogens with one attached hydrogen (secondary N) is 1. The summed E-state index contributed by atoms with van der Waals surface area (Å²) in [6.07, 6.45) is 0. The summed E-state index contributed by atoms with van der Waals surface area (Å²) in [5.41, 5.74) is 0.541. The van der Waals surface area contributed by atoms with E-state index in [4.69, 9.17) is 21.4 Å². The van der Waals surface area contributed by atoms with Crippen molar-refractivity contribution < 1.29 is 19.4 Å². The van der Waals surface area contributed by atoms with Crippen LogP contribution in [0.3, 0.4) is 0 Å². The number of halogens is 1. The van der Waals surface area contributed by atoms with E-state index in [0.717, 1.165) is 11.8 Å². The van der Waals surface area contributed by atoms with Crippen molar-refractivity contribution in [3.8, 4) is 5.75 Å². The van der Waals surface area contributed by atoms with Crippen LogP contribution in [0.25, 0.3) is 0 Å². The first kappa shape index (κ1) is 15.7. The van der Waals surface area contributed by atoms with Crippen LogP contribution in [0.2, 0.25) is 5.02 Å². The molecular weight excluding hydrogens is 290 g/mol. The van der Waals surface area contributed by atoms with Crippen molar-refractivity contribution in [3.05, 3.63) is 23.2 Å². The Hall–Kier alpha value is -1.40. The second-order valence-corrected chi connectivity index (χ2v) is 5.43. The van der Waals surface area contributed by atoms with Gasteiger partial charge < -0.3 is 15.2 Å². The van der Waals surface area contributed by atoms with Gasteiger partial charge >= 0.3 is 5.97 Å². The molecular formula is C12H14ClNO4S. The first-order chi connectivity index (χ1) is 8.93. The highest BCUT2D eigenvalue weighted by Crippen LogP contribution is 2.27. The van der Waals surface area contributed by atoms with Gasteiger partial charge in [0.15, 0.2) is 0 Å². The number of ether oxygens (including phenoxy) is 1. The van der Waals surface area contributed by atoms with Gasteiger partial charge in [-0.1, -0.05) is 11.6 Å². The monoisotopic (exact) mass is 303 g/mol. The number of methoxy groups -OCH3 is 1. The Labute approximate surface area is 120 Å². The third-order valence-corrected chi connectivity index (χ3v) is 3.67. The number of carbonyl (C=O) groups is 2. The fourth-order valence-electron chi connectivity index (χ4n) is 1.21. The topological polar surface area (TPSA) is 75.6 Å². The van der Waals surface area contributed by atoms with Gasteiger partial charge in [-0.25, -0.2) is 0 Å². The molecule has 5 nitrogen and oxygen atoms in total. The van der Waals surface area contributed by atoms with Crippen LogP contribution in [-0.4, -0.2) is 35.1 Å². The van der Waals surface area contributed by atoms with Gasteiger partial charge in [-0.3, -0.25) is 9.59 Å². The lowest BCUT2D eigenvalue weighted by molar-refractivity contribution is -0.136. The van der Waals surface area contributed by atoms with Crippen molar-refractivity contribution in [2.24, 2.45) is 0 Å². The molecule has 1 amide bonds. The number of aliphatic carboxylic acids is 1. The van der Waals surface area contributed by atoms with Crippen molar-refractivity contribution in [2.45, 2.75) is 12.2 Å². The molecule has 0 heterocycles. The van der Waals surface area contributed by atoms with Crippen LogP contribution in [0, 0.1) is 0 Å². The Kier molecular flexibility index (Phi) is 5.98. The van der Waals surface area contributed by atoms with Gasteiger partial charge in [0.2, 0.25) is 5.91 Å². The Morgan fingerprint density at radius 3 is 2.74 bits per heavy atom. The molecule has 0 aliphatic heterocycles. The van der Waals surface area contributed by atoms with E-state index >= 15 is 0 Å². The number of thioether (sulfide) groups is 1. The maximum absolute atomic E-state index is 11.6. The lowest BCUT2D eigenvalue weighted by Crippen LogP contribution is -2.19. The first-order valence-electron chi connectivity index (χ1n) is 5.42. The Morgan fingerprint density at radius 2 is 2.21 bits per heavy atom. The number of anilines is 1. The predicted octanol–water partition coefficient (Wildman–Crippen LogP) is 2.49. The number of amides is 1. The molecule has 1 aromatic rings. The zero-order chi connectivity index (χ0) is 14.4. The highest BCUT2D eigenvalue weighted by Gasteiger charge is 2.13. The molecule has 0 spiro atoms. The van der Waals surface area contributed by atoms with E-state index in [2.05, 4.69) is 5.32 Å². The van der Waals surface area contributed by atoms with Gasteiger partial charge in [-0.05, 0) is 25.1 Å². The minimum atomic E-state index is -0.940. The number of carboxylic acid groups (broad SMARTS) is 1. The summed E-state index contributed by atoms with van der Waals surface area (Å²) in [5.74, 6) is -0.630. The zero-order valence-corrected chi connectivity index (χ0v) is 12.0. The van der Waals surface area contributed by atoms with E-state index in [-0.39, 0.29) is 11.7 Å². The summed E-state index contributed by atoms with van der Waals surface area (Å²) in [5, 5.41) is 11.1. The zero-order valence-electron chi connectivity index (χ0n) is 10.5. The molecule has 1 unspecified atom stereocenters. The Bertz CT molecular complexity index is 481. The molecule has 0 saturated heterocycles. The standard InChI is InChI=1S/C12H14ClNO4S/c1-7(12(16)17)19-6-11(15)14-8-3-4-10(18-2)9(13)5-8/h3-5,7H,6H2,1-2H3,(H,14,15)(H,16,17). The Morgan fingerprint density at radius 1 is 1.53 bits per heavy atom. The van der Waals surface area contributed by atoms with E-state index in [1.165, 1.54) is 14.0 Å². The average molecular weight is 304 g/mol. The van der Waals surface area contributed by atoms with Crippen molar-refractivity contribution in [2.75, 3.05) is 18.2 Å². The highest BCUT2D eigenvalue weighted by molar-refractivity contribution is 8.01. The summed E-state index contributed by atoms with van der Waals surface area (Å²) in [6, 6.07) is 4.88. The molecule has 0 bridgehead atoms. The van der Waals surface area contributed by atoms with Crippen molar-refractivity contribution in [1.82, 2.24) is 0 Å². The largest absolute Gasteiger partial charge is 0.495 e. The van der Waals surface area contributed by atoms with Crippen LogP contribution in [0.15, 0.2) is 18.2 Å². The van der Waals surface area contributed by atoms with E-state index in [1.807, 2.05) is 0 Å². The summed E-state index contributed by atoms with van der Waals surface area (Å²) in [7, 11) is 1.50. The molecule has 0 saturated carbocycles. The lowest BCUT2D eigenvalue weighted by Gasteiger charge is -2.09. The summed E-state index contributed by atoms with van der Waals surface area (Å²) in [6.45, 7) is 1.53. The average Bonchev–Trinajstić information content (AvgIpc) is 2.36. The molecule has 0 aliphatic rings. The number of rotatable bonds is 6. The molecule has 0 aliphatic carbocycles. The maximum Gasteiger partial charge on any atom is 0.316 e. The third-order valence-electron chi connectivity index (χ3n) is 2.25. The predicted molar refractivity (Wildman–Crippen MR) is 76.2 cm³/mol. The molecule has 1 atom stereocenters. The molecule has 0 aromatic heterocycles. The highest BCUT2D eigenvalue weighted by atomic mass is 35.5. The molecule has 0 radical (unpaired) electrons. The van der Waals surface area contributed by atoms with Gasteiger partial charge in [0.1, 0.15) is 5.75 Å². The van der Waals surface area contributed by atoms with E-state index in [9.17, 15) is 9.59 Å². The van der Waals surface area contributed by atoms with Gasteiger partial charge in [-0.15, -0.1) is 11.8 Å². The van der Waals surface area contributed by atoms with Crippen molar-refractivity contribution in [3.63, 3.8) is 0 Å². The van der Waals surface area contributed by atoms with Gasteiger partial charge in [0, 0.05) is 5.69 Å². The lowest BCUT2D eigenvalue weighted by atomic mass is 10.3. The minimum absolute atomic E-state index is 0.0666. The summed E-state index contributed by atoms with van der Waals surface area (Å²) >= 11 is 6.98. The van der Waals surface area contributed by atoms with E-state index < -0.39 is 11.2 Å². The van der Waals surface area contributed by atoms with Crippen LogP contribution in [0.4, 0.5) is 5.69 Å². The molecule has 7 heteroatoms. The van der Waals surface area contributed by atoms with E-state index in [1.54, 1.807) is 18.2 Å². The molecule has 19 heavy (non-hydrogen) atoms. The maximum atomic E-state index is 11.6. The second-order valence-electron chi connectivity index (χ2n) is 3.69. The molecule has 1 aromatic carbocycles. The van der Waals surface area contributed by atoms with Crippen LogP contribution in [-0.2, 0) is 9.59 Å². The summed E-state index contributed by atoms with van der Waals surface area (Å²) in [4.78, 5) is 22.2. The van der Waals surface area contributed by atoms with Gasteiger partial charge in [0.05, 0.1) is 23.1 Å². The first-order valence-corrected chi connectivity index (χ1v) is 6.84. The van der Waals surface area contributed by atoms with Crippen LogP contribution in [0.1, 0.15) is 6.92 Å². The third kappa shape index (κ3) is 5.00. The second kappa shape index (κ2) is 7.25. The Balaban J connectivity index is 2.53. The molecule has 0 fully saturated rings. The smallest absolute Gasteiger partial charge is 0.316 e. The number of carbonyl (C=O) groups excluding carboxylic acids is 1. The SMILES string of the molecule is COc1ccc(NC(=O)CSC(C)C(=O)O)cc1Cl. The summed E-state index contributed by atoms with van der Waals surface area (Å²) < 4.78 is 5.00. The number of hydrogen-bond donors (Lipinski definition) is 2. The number of benzene rings is 1. The quantitative estimate of drug-likeness (QED) is 0.844. The number of hydrogen-bond acceptors (Lipinski definition) is 4. The normalized spacial score (nSPS) is 11.7. The number of carboxylic acids is 1. The van der Waals surface area contributed by atoms with Crippen LogP contribution in [0.5, 0.6) is 5.75 Å². The van der Waals surface area contributed by atoms with Crippen molar-refractivity contribution in [1.29, 1.82) is 0 Å². The molecule has 104 valence electrons. The fourth-order valence-corrected chi connectivity index (χ4v) is 2.09. The van der Waals surface area contributed by atoms with Crippen LogP contribution < -0.4 is 10.1 Å². The molecule has 2 N–H and O–H groups in total. The van der Waals surface area contributed by atoms with Gasteiger partial charge in [-0.2, -0.15) is 0 Å². The van der Waals surface area contributed by atoms with Crippen molar-refractivity contribution >= 4 is 40.9 Å². The molecule has 1 rings (SSSR count). The van der Waals surface area contributed by atoms with Crippen LogP contribution >= 0.6 is 23.4 Å².